The van der Waals surface area contributed by atoms with Gasteiger partial charge in [-0.2, -0.15) is 26.3 Å². The Morgan fingerprint density at radius 3 is 2.17 bits per heavy atom. The highest BCUT2D eigenvalue weighted by Crippen LogP contribution is 2.42. The van der Waals surface area contributed by atoms with Gasteiger partial charge in [0.25, 0.3) is 0 Å². The molecule has 0 radical (unpaired) electrons. The molecule has 5 nitrogen and oxygen atoms in total. The predicted octanol–water partition coefficient (Wildman–Crippen LogP) is 5.88. The van der Waals surface area contributed by atoms with Crippen molar-refractivity contribution in [2.45, 2.75) is 44.5 Å². The van der Waals surface area contributed by atoms with Gasteiger partial charge >= 0.3 is 12.4 Å². The summed E-state index contributed by atoms with van der Waals surface area (Å²) in [7, 11) is 1.53. The molecule has 2 heterocycles. The van der Waals surface area contributed by atoms with Gasteiger partial charge in [0.2, 0.25) is 11.8 Å². The Kier molecular flexibility index (Phi) is 9.12. The van der Waals surface area contributed by atoms with E-state index in [4.69, 9.17) is 0 Å². The monoisotopic (exact) mass is 569 g/mol. The van der Waals surface area contributed by atoms with Crippen LogP contribution in [-0.4, -0.2) is 61.4 Å². The van der Waals surface area contributed by atoms with Crippen LogP contribution in [0.5, 0.6) is 0 Å². The van der Waals surface area contributed by atoms with Crippen molar-refractivity contribution in [1.29, 1.82) is 0 Å². The van der Waals surface area contributed by atoms with E-state index in [9.17, 15) is 35.9 Å². The van der Waals surface area contributed by atoms with Gasteiger partial charge in [-0.1, -0.05) is 30.3 Å². The fraction of sp³-hybridized carbons (Fsp3) is 0.517. The molecule has 1 unspecified atom stereocenters. The SMILES string of the molecule is CN1CC(C(=O)N(CCCN2CCC(Cc3ccccc3)CC2)c2ccc(C(F)(F)F)c(C(F)(F)F)c2)CC1=O. The number of halogens is 6. The second kappa shape index (κ2) is 12.2. The van der Waals surface area contributed by atoms with E-state index in [-0.39, 0.29) is 31.1 Å². The van der Waals surface area contributed by atoms with Crippen LogP contribution in [0.1, 0.15) is 42.4 Å². The lowest BCUT2D eigenvalue weighted by Crippen LogP contribution is -2.40. The number of carbonyl (C=O) groups is 2. The number of likely N-dealkylation sites (tertiary alicyclic amines) is 2. The second-order valence-corrected chi connectivity index (χ2v) is 10.7. The van der Waals surface area contributed by atoms with Crippen molar-refractivity contribution in [3.05, 3.63) is 65.2 Å². The fourth-order valence-electron chi connectivity index (χ4n) is 5.61. The third-order valence-electron chi connectivity index (χ3n) is 7.81. The summed E-state index contributed by atoms with van der Waals surface area (Å²) in [5.41, 5.74) is -2.60. The minimum atomic E-state index is -5.26. The van der Waals surface area contributed by atoms with Crippen molar-refractivity contribution in [3.8, 4) is 0 Å². The van der Waals surface area contributed by atoms with E-state index in [1.807, 2.05) is 18.2 Å². The van der Waals surface area contributed by atoms with Crippen LogP contribution < -0.4 is 4.90 Å². The van der Waals surface area contributed by atoms with Gasteiger partial charge in [0, 0.05) is 32.2 Å². The van der Waals surface area contributed by atoms with Crippen molar-refractivity contribution < 1.29 is 35.9 Å². The molecule has 0 bridgehead atoms. The van der Waals surface area contributed by atoms with Crippen LogP contribution in [0, 0.1) is 11.8 Å². The maximum atomic E-state index is 13.6. The highest BCUT2D eigenvalue weighted by Gasteiger charge is 2.44. The maximum absolute atomic E-state index is 13.6. The first-order valence-corrected chi connectivity index (χ1v) is 13.4. The number of nitrogens with zero attached hydrogens (tertiary/aromatic N) is 3. The highest BCUT2D eigenvalue weighted by molar-refractivity contribution is 5.99. The van der Waals surface area contributed by atoms with Crippen LogP contribution in [0.2, 0.25) is 0 Å². The number of rotatable bonds is 8. The zero-order chi connectivity index (χ0) is 29.1. The molecule has 4 rings (SSSR count). The van der Waals surface area contributed by atoms with E-state index >= 15 is 0 Å². The van der Waals surface area contributed by atoms with Gasteiger partial charge in [-0.05, 0) is 75.0 Å². The largest absolute Gasteiger partial charge is 0.417 e. The van der Waals surface area contributed by atoms with Gasteiger partial charge < -0.3 is 14.7 Å². The first-order chi connectivity index (χ1) is 18.8. The molecule has 0 aromatic heterocycles. The van der Waals surface area contributed by atoms with Gasteiger partial charge in [-0.25, -0.2) is 0 Å². The van der Waals surface area contributed by atoms with Crippen LogP contribution in [-0.2, 0) is 28.4 Å². The van der Waals surface area contributed by atoms with E-state index in [1.165, 1.54) is 17.5 Å². The molecule has 2 aromatic carbocycles. The lowest BCUT2D eigenvalue weighted by atomic mass is 9.90. The molecule has 2 aromatic rings. The van der Waals surface area contributed by atoms with Crippen LogP contribution in [0.15, 0.2) is 48.5 Å². The van der Waals surface area contributed by atoms with Gasteiger partial charge in [0.1, 0.15) is 0 Å². The average Bonchev–Trinajstić information content (AvgIpc) is 3.24. The molecule has 2 fully saturated rings. The number of anilines is 1. The summed E-state index contributed by atoms with van der Waals surface area (Å²) < 4.78 is 80.9. The van der Waals surface area contributed by atoms with Crippen LogP contribution in [0.3, 0.4) is 0 Å². The fourth-order valence-corrected chi connectivity index (χ4v) is 5.61. The molecule has 1 atom stereocenters. The molecule has 2 saturated heterocycles. The van der Waals surface area contributed by atoms with E-state index < -0.39 is 35.3 Å². The molecule has 0 spiro atoms. The summed E-state index contributed by atoms with van der Waals surface area (Å²) in [6.45, 7) is 2.44. The van der Waals surface area contributed by atoms with Gasteiger partial charge in [-0.15, -0.1) is 0 Å². The Morgan fingerprint density at radius 2 is 1.60 bits per heavy atom. The summed E-state index contributed by atoms with van der Waals surface area (Å²) in [5, 5.41) is 0. The van der Waals surface area contributed by atoms with E-state index in [0.29, 0.717) is 31.0 Å². The first-order valence-electron chi connectivity index (χ1n) is 13.4. The topological polar surface area (TPSA) is 43.9 Å². The van der Waals surface area contributed by atoms with Crippen molar-refractivity contribution in [2.75, 3.05) is 44.7 Å². The minimum absolute atomic E-state index is 0.0276. The van der Waals surface area contributed by atoms with Gasteiger partial charge in [0.05, 0.1) is 17.0 Å². The molecule has 0 N–H and O–H groups in total. The quantitative estimate of drug-likeness (QED) is 0.373. The minimum Gasteiger partial charge on any atom is -0.345 e. The van der Waals surface area contributed by atoms with E-state index in [0.717, 1.165) is 43.3 Å². The second-order valence-electron chi connectivity index (χ2n) is 10.7. The standard InChI is InChI=1S/C29H33F6N3O2/c1-36-19-22(17-26(36)39)27(40)38(23-8-9-24(28(30,31)32)25(18-23)29(33,34)35)13-5-12-37-14-10-21(11-15-37)16-20-6-3-2-4-7-20/h2-4,6-9,18,21-22H,5,10-17,19H2,1H3. The average molecular weight is 570 g/mol. The molecule has 40 heavy (non-hydrogen) atoms. The van der Waals surface area contributed by atoms with Crippen molar-refractivity contribution in [3.63, 3.8) is 0 Å². The molecular formula is C29H33F6N3O2. The molecule has 0 aliphatic carbocycles. The van der Waals surface area contributed by atoms with Crippen molar-refractivity contribution >= 4 is 17.5 Å². The molecule has 2 amide bonds. The van der Waals surface area contributed by atoms with Crippen molar-refractivity contribution in [2.24, 2.45) is 11.8 Å². The molecule has 218 valence electrons. The number of hydrogen-bond donors (Lipinski definition) is 0. The van der Waals surface area contributed by atoms with E-state index in [1.54, 1.807) is 0 Å². The molecule has 11 heteroatoms. The summed E-state index contributed by atoms with van der Waals surface area (Å²) in [6.07, 6.45) is -7.12. The maximum Gasteiger partial charge on any atom is 0.417 e. The van der Waals surface area contributed by atoms with Gasteiger partial charge in [-0.3, -0.25) is 9.59 Å². The zero-order valence-corrected chi connectivity index (χ0v) is 22.3. The summed E-state index contributed by atoms with van der Waals surface area (Å²) in [6, 6.07) is 11.9. The molecular weight excluding hydrogens is 536 g/mol. The number of amides is 2. The Bertz CT molecular complexity index is 1180. The normalized spacial score (nSPS) is 19.3. The number of benzene rings is 2. The lowest BCUT2D eigenvalue weighted by molar-refractivity contribution is -0.162. The smallest absolute Gasteiger partial charge is 0.345 e. The third-order valence-corrected chi connectivity index (χ3v) is 7.81. The zero-order valence-electron chi connectivity index (χ0n) is 22.3. The molecule has 2 aliphatic rings. The molecule has 2 aliphatic heterocycles. The van der Waals surface area contributed by atoms with Crippen LogP contribution >= 0.6 is 0 Å². The predicted molar refractivity (Wildman–Crippen MR) is 138 cm³/mol. The number of carbonyl (C=O) groups excluding carboxylic acids is 2. The lowest BCUT2D eigenvalue weighted by Gasteiger charge is -2.33. The van der Waals surface area contributed by atoms with Crippen molar-refractivity contribution in [1.82, 2.24) is 9.80 Å². The summed E-state index contributed by atoms with van der Waals surface area (Å²) in [4.78, 5) is 30.2. The first kappa shape index (κ1) is 29.9. The number of hydrogen-bond acceptors (Lipinski definition) is 3. The van der Waals surface area contributed by atoms with Crippen LogP contribution in [0.25, 0.3) is 0 Å². The van der Waals surface area contributed by atoms with E-state index in [2.05, 4.69) is 17.0 Å². The third kappa shape index (κ3) is 7.35. The van der Waals surface area contributed by atoms with Gasteiger partial charge in [0.15, 0.2) is 0 Å². The van der Waals surface area contributed by atoms with Crippen LogP contribution in [0.4, 0.5) is 32.0 Å². The Morgan fingerprint density at radius 1 is 0.950 bits per heavy atom. The Labute approximate surface area is 229 Å². The summed E-state index contributed by atoms with van der Waals surface area (Å²) in [5.74, 6) is -1.04. The number of piperidine rings is 1. The summed E-state index contributed by atoms with van der Waals surface area (Å²) >= 11 is 0. The Hall–Kier alpha value is -3.08. The molecule has 0 saturated carbocycles. The highest BCUT2D eigenvalue weighted by atomic mass is 19.4. The Balaban J connectivity index is 1.45. The number of alkyl halides is 6.